The number of nitro groups is 1. The predicted octanol–water partition coefficient (Wildman–Crippen LogP) is 4.32. The van der Waals surface area contributed by atoms with Crippen molar-refractivity contribution in [1.29, 1.82) is 0 Å². The predicted molar refractivity (Wildman–Crippen MR) is 77.3 cm³/mol. The highest BCUT2D eigenvalue weighted by atomic mass is 127. The van der Waals surface area contributed by atoms with Crippen LogP contribution < -0.4 is 4.74 Å². The maximum absolute atomic E-state index is 10.7. The van der Waals surface area contributed by atoms with Gasteiger partial charge in [0, 0.05) is 10.5 Å². The number of benzene rings is 2. The summed E-state index contributed by atoms with van der Waals surface area (Å²) in [6.07, 6.45) is 0. The molecule has 18 heavy (non-hydrogen) atoms. The Hall–Kier alpha value is -1.63. The van der Waals surface area contributed by atoms with Crippen LogP contribution in [0.5, 0.6) is 11.5 Å². The Morgan fingerprint density at radius 2 is 1.78 bits per heavy atom. The zero-order valence-electron chi connectivity index (χ0n) is 9.38. The van der Waals surface area contributed by atoms with Crippen molar-refractivity contribution >= 4 is 28.3 Å². The Balaban J connectivity index is 2.22. The van der Waals surface area contributed by atoms with E-state index < -0.39 is 4.92 Å². The van der Waals surface area contributed by atoms with E-state index in [0.29, 0.717) is 11.5 Å². The highest BCUT2D eigenvalue weighted by Crippen LogP contribution is 2.26. The average molecular weight is 355 g/mol. The van der Waals surface area contributed by atoms with E-state index in [9.17, 15) is 10.1 Å². The molecule has 0 amide bonds. The minimum absolute atomic E-state index is 0.0255. The summed E-state index contributed by atoms with van der Waals surface area (Å²) in [6, 6.07) is 13.8. The molecule has 4 nitrogen and oxygen atoms in total. The Labute approximate surface area is 118 Å². The van der Waals surface area contributed by atoms with Crippen molar-refractivity contribution in [3.63, 3.8) is 0 Å². The summed E-state index contributed by atoms with van der Waals surface area (Å²) in [6.45, 7) is 0. The van der Waals surface area contributed by atoms with Crippen LogP contribution in [0.15, 0.2) is 48.5 Å². The summed E-state index contributed by atoms with van der Waals surface area (Å²) in [4.78, 5) is 10.2. The third-order valence-corrected chi connectivity index (χ3v) is 3.20. The fourth-order valence-electron chi connectivity index (χ4n) is 1.49. The molecule has 0 aliphatic heterocycles. The summed E-state index contributed by atoms with van der Waals surface area (Å²) in [5, 5.41) is 10.7. The van der Waals surface area contributed by atoms with Crippen molar-refractivity contribution in [2.24, 2.45) is 0 Å². The molecule has 2 aromatic rings. The first kappa shape index (κ1) is 12.8. The number of alkyl halides is 1. The summed E-state index contributed by atoms with van der Waals surface area (Å²) in [7, 11) is 0. The zero-order chi connectivity index (χ0) is 13.0. The van der Waals surface area contributed by atoms with Crippen LogP contribution in [0, 0.1) is 10.1 Å². The number of nitro benzene ring substituents is 1. The summed E-state index contributed by atoms with van der Waals surface area (Å²) in [5.74, 6) is 1.15. The van der Waals surface area contributed by atoms with Crippen molar-refractivity contribution in [2.45, 2.75) is 4.43 Å². The average Bonchev–Trinajstić information content (AvgIpc) is 2.39. The van der Waals surface area contributed by atoms with Gasteiger partial charge in [-0.2, -0.15) is 0 Å². The standard InChI is InChI=1S/C13H10INO3/c14-9-10-3-1-5-12(7-10)18-13-6-2-4-11(8-13)15(16)17/h1-8H,9H2. The number of non-ortho nitro benzene ring substituents is 1. The SMILES string of the molecule is O=[N+]([O-])c1cccc(Oc2cccc(CI)c2)c1. The van der Waals surface area contributed by atoms with E-state index in [1.807, 2.05) is 24.3 Å². The zero-order valence-corrected chi connectivity index (χ0v) is 11.5. The normalized spacial score (nSPS) is 10.1. The van der Waals surface area contributed by atoms with Crippen molar-refractivity contribution in [1.82, 2.24) is 0 Å². The lowest BCUT2D eigenvalue weighted by Crippen LogP contribution is -1.89. The van der Waals surface area contributed by atoms with E-state index in [-0.39, 0.29) is 5.69 Å². The molecule has 0 saturated heterocycles. The smallest absolute Gasteiger partial charge is 0.273 e. The summed E-state index contributed by atoms with van der Waals surface area (Å²) in [5.41, 5.74) is 1.18. The number of hydrogen-bond acceptors (Lipinski definition) is 3. The van der Waals surface area contributed by atoms with Crippen molar-refractivity contribution < 1.29 is 9.66 Å². The second kappa shape index (κ2) is 5.81. The Kier molecular flexibility index (Phi) is 4.14. The lowest BCUT2D eigenvalue weighted by molar-refractivity contribution is -0.384. The van der Waals surface area contributed by atoms with Gasteiger partial charge in [0.2, 0.25) is 0 Å². The number of nitrogens with zero attached hydrogens (tertiary/aromatic N) is 1. The molecule has 0 saturated carbocycles. The molecule has 2 aromatic carbocycles. The highest BCUT2D eigenvalue weighted by Gasteiger charge is 2.07. The van der Waals surface area contributed by atoms with Gasteiger partial charge >= 0.3 is 0 Å². The molecule has 5 heteroatoms. The van der Waals surface area contributed by atoms with Crippen LogP contribution in [0.4, 0.5) is 5.69 Å². The van der Waals surface area contributed by atoms with Gasteiger partial charge in [-0.05, 0) is 23.8 Å². The first-order valence-corrected chi connectivity index (χ1v) is 6.79. The lowest BCUT2D eigenvalue weighted by atomic mass is 10.2. The van der Waals surface area contributed by atoms with Crippen LogP contribution in [-0.2, 0) is 4.43 Å². The molecule has 2 rings (SSSR count). The summed E-state index contributed by atoms with van der Waals surface area (Å²) < 4.78 is 6.50. The molecule has 0 heterocycles. The van der Waals surface area contributed by atoms with Crippen LogP contribution in [0.1, 0.15) is 5.56 Å². The molecule has 0 unspecified atom stereocenters. The molecule has 0 atom stereocenters. The Morgan fingerprint density at radius 1 is 1.11 bits per heavy atom. The fourth-order valence-corrected chi connectivity index (χ4v) is 1.96. The molecule has 0 fully saturated rings. The van der Waals surface area contributed by atoms with E-state index >= 15 is 0 Å². The molecule has 0 N–H and O–H groups in total. The number of ether oxygens (including phenoxy) is 1. The van der Waals surface area contributed by atoms with Crippen LogP contribution in [0.25, 0.3) is 0 Å². The minimum Gasteiger partial charge on any atom is -0.457 e. The van der Waals surface area contributed by atoms with Crippen LogP contribution in [0.2, 0.25) is 0 Å². The second-order valence-corrected chi connectivity index (χ2v) is 4.40. The van der Waals surface area contributed by atoms with Gasteiger partial charge in [-0.1, -0.05) is 40.8 Å². The molecular weight excluding hydrogens is 345 g/mol. The van der Waals surface area contributed by atoms with E-state index in [0.717, 1.165) is 9.99 Å². The van der Waals surface area contributed by atoms with E-state index in [1.165, 1.54) is 12.1 Å². The Bertz CT molecular complexity index is 572. The van der Waals surface area contributed by atoms with Gasteiger partial charge in [0.15, 0.2) is 0 Å². The third kappa shape index (κ3) is 3.19. The van der Waals surface area contributed by atoms with Gasteiger partial charge in [0.25, 0.3) is 5.69 Å². The van der Waals surface area contributed by atoms with Crippen LogP contribution in [0.3, 0.4) is 0 Å². The van der Waals surface area contributed by atoms with E-state index in [2.05, 4.69) is 22.6 Å². The van der Waals surface area contributed by atoms with Gasteiger partial charge in [-0.3, -0.25) is 10.1 Å². The fraction of sp³-hybridized carbons (Fsp3) is 0.0769. The van der Waals surface area contributed by atoms with Gasteiger partial charge in [-0.15, -0.1) is 0 Å². The molecule has 0 aliphatic rings. The maximum atomic E-state index is 10.7. The third-order valence-electron chi connectivity index (χ3n) is 2.32. The van der Waals surface area contributed by atoms with Crippen molar-refractivity contribution in [3.8, 4) is 11.5 Å². The van der Waals surface area contributed by atoms with Crippen molar-refractivity contribution in [3.05, 3.63) is 64.2 Å². The molecule has 0 radical (unpaired) electrons. The highest BCUT2D eigenvalue weighted by molar-refractivity contribution is 14.1. The maximum Gasteiger partial charge on any atom is 0.273 e. The van der Waals surface area contributed by atoms with Gasteiger partial charge < -0.3 is 4.74 Å². The van der Waals surface area contributed by atoms with Gasteiger partial charge in [0.1, 0.15) is 11.5 Å². The van der Waals surface area contributed by atoms with Crippen molar-refractivity contribution in [2.75, 3.05) is 0 Å². The first-order chi connectivity index (χ1) is 8.69. The molecular formula is C13H10INO3. The number of hydrogen-bond donors (Lipinski definition) is 0. The number of rotatable bonds is 4. The van der Waals surface area contributed by atoms with Crippen LogP contribution in [-0.4, -0.2) is 4.92 Å². The molecule has 0 aromatic heterocycles. The number of halogens is 1. The largest absolute Gasteiger partial charge is 0.457 e. The molecule has 0 aliphatic carbocycles. The van der Waals surface area contributed by atoms with E-state index in [4.69, 9.17) is 4.74 Å². The quantitative estimate of drug-likeness (QED) is 0.355. The topological polar surface area (TPSA) is 52.4 Å². The Morgan fingerprint density at radius 3 is 2.44 bits per heavy atom. The molecule has 92 valence electrons. The van der Waals surface area contributed by atoms with Gasteiger partial charge in [0.05, 0.1) is 11.0 Å². The molecule has 0 spiro atoms. The second-order valence-electron chi connectivity index (χ2n) is 3.64. The first-order valence-electron chi connectivity index (χ1n) is 5.26. The monoisotopic (exact) mass is 355 g/mol. The minimum atomic E-state index is -0.436. The van der Waals surface area contributed by atoms with E-state index in [1.54, 1.807) is 12.1 Å². The molecule has 0 bridgehead atoms. The lowest BCUT2D eigenvalue weighted by Gasteiger charge is -2.06. The van der Waals surface area contributed by atoms with Crippen LogP contribution >= 0.6 is 22.6 Å². The van der Waals surface area contributed by atoms with Gasteiger partial charge in [-0.25, -0.2) is 0 Å². The summed E-state index contributed by atoms with van der Waals surface area (Å²) >= 11 is 2.27.